The Labute approximate surface area is 174 Å². The molecule has 1 saturated heterocycles. The molecule has 1 aromatic heterocycles. The molecule has 0 radical (unpaired) electrons. The van der Waals surface area contributed by atoms with Crippen LogP contribution in [0.3, 0.4) is 0 Å². The van der Waals surface area contributed by atoms with Gasteiger partial charge in [0.2, 0.25) is 0 Å². The second-order valence-corrected chi connectivity index (χ2v) is 10.3. The van der Waals surface area contributed by atoms with Gasteiger partial charge in [-0.3, -0.25) is 4.79 Å². The van der Waals surface area contributed by atoms with Crippen molar-refractivity contribution in [2.24, 2.45) is 0 Å². The van der Waals surface area contributed by atoms with Gasteiger partial charge in [0, 0.05) is 10.9 Å². The van der Waals surface area contributed by atoms with Crippen LogP contribution in [-0.4, -0.2) is 31.9 Å². The Bertz CT molecular complexity index is 1090. The van der Waals surface area contributed by atoms with E-state index in [1.807, 2.05) is 66.7 Å². The van der Waals surface area contributed by atoms with Crippen molar-refractivity contribution >= 4 is 27.1 Å². The monoisotopic (exact) mass is 427 g/mol. The summed E-state index contributed by atoms with van der Waals surface area (Å²) in [6.45, 7) is 0.351. The zero-order valence-electron chi connectivity index (χ0n) is 15.7. The third-order valence-corrected chi connectivity index (χ3v) is 7.70. The average Bonchev–Trinajstić information content (AvgIpc) is 3.31. The second kappa shape index (κ2) is 8.39. The summed E-state index contributed by atoms with van der Waals surface area (Å²) in [7, 11) is -3.06. The van der Waals surface area contributed by atoms with E-state index in [9.17, 15) is 13.2 Å². The van der Waals surface area contributed by atoms with Crippen molar-refractivity contribution in [2.45, 2.75) is 19.1 Å². The van der Waals surface area contributed by atoms with Gasteiger partial charge in [-0.25, -0.2) is 8.42 Å². The maximum absolute atomic E-state index is 12.9. The fraction of sp³-hybridized carbons (Fsp3) is 0.227. The van der Waals surface area contributed by atoms with Crippen LogP contribution < -0.4 is 10.1 Å². The van der Waals surface area contributed by atoms with Crippen molar-refractivity contribution in [1.82, 2.24) is 5.32 Å². The van der Waals surface area contributed by atoms with Crippen molar-refractivity contribution < 1.29 is 17.9 Å². The first-order valence-corrected chi connectivity index (χ1v) is 12.0. The molecule has 2 heterocycles. The molecule has 1 atom stereocenters. The van der Waals surface area contributed by atoms with E-state index in [-0.39, 0.29) is 23.5 Å². The van der Waals surface area contributed by atoms with Crippen LogP contribution in [0.4, 0.5) is 0 Å². The summed E-state index contributed by atoms with van der Waals surface area (Å²) in [5, 5.41) is 2.87. The van der Waals surface area contributed by atoms with Gasteiger partial charge in [0.05, 0.1) is 11.5 Å². The van der Waals surface area contributed by atoms with Crippen LogP contribution in [0, 0.1) is 0 Å². The molecular weight excluding hydrogens is 406 g/mol. The third-order valence-electron chi connectivity index (χ3n) is 4.77. The van der Waals surface area contributed by atoms with Crippen molar-refractivity contribution in [2.75, 3.05) is 11.5 Å². The highest BCUT2D eigenvalue weighted by atomic mass is 32.2. The van der Waals surface area contributed by atoms with E-state index in [0.29, 0.717) is 23.7 Å². The summed E-state index contributed by atoms with van der Waals surface area (Å²) in [6, 6.07) is 21.1. The van der Waals surface area contributed by atoms with Crippen LogP contribution >= 0.6 is 11.3 Å². The summed E-state index contributed by atoms with van der Waals surface area (Å²) in [5.41, 5.74) is 2.01. The van der Waals surface area contributed by atoms with Crippen molar-refractivity contribution in [3.63, 3.8) is 0 Å². The van der Waals surface area contributed by atoms with Gasteiger partial charge < -0.3 is 10.1 Å². The lowest BCUT2D eigenvalue weighted by Gasteiger charge is -2.11. The fourth-order valence-electron chi connectivity index (χ4n) is 3.28. The zero-order chi connectivity index (χ0) is 20.3. The predicted octanol–water partition coefficient (Wildman–Crippen LogP) is 3.91. The molecule has 1 aliphatic rings. The summed E-state index contributed by atoms with van der Waals surface area (Å²) in [5.74, 6) is 0.337. The Hall–Kier alpha value is -2.64. The maximum Gasteiger partial charge on any atom is 0.265 e. The van der Waals surface area contributed by atoms with Crippen LogP contribution in [0.1, 0.15) is 21.7 Å². The molecule has 1 aliphatic heterocycles. The maximum atomic E-state index is 12.9. The SMILES string of the molecule is O=C(NC1CCS(=O)(=O)C1)c1sc(-c2ccccc2)cc1OCc1ccccc1. The minimum atomic E-state index is -3.06. The minimum Gasteiger partial charge on any atom is -0.487 e. The molecule has 3 aromatic rings. The fourth-order valence-corrected chi connectivity index (χ4v) is 5.96. The first kappa shape index (κ1) is 19.7. The van der Waals surface area contributed by atoms with E-state index in [4.69, 9.17) is 4.74 Å². The number of carbonyl (C=O) groups is 1. The molecule has 29 heavy (non-hydrogen) atoms. The van der Waals surface area contributed by atoms with Gasteiger partial charge in [-0.2, -0.15) is 0 Å². The number of benzene rings is 2. The molecule has 1 fully saturated rings. The zero-order valence-corrected chi connectivity index (χ0v) is 17.3. The molecule has 0 saturated carbocycles. The van der Waals surface area contributed by atoms with Crippen molar-refractivity contribution in [3.05, 3.63) is 77.2 Å². The Morgan fingerprint density at radius 1 is 1.07 bits per heavy atom. The quantitative estimate of drug-likeness (QED) is 0.647. The number of rotatable bonds is 6. The lowest BCUT2D eigenvalue weighted by Crippen LogP contribution is -2.35. The standard InChI is InChI=1S/C22H21NO4S2/c24-22(23-18-11-12-29(25,26)15-18)21-19(27-14-16-7-3-1-4-8-16)13-20(28-21)17-9-5-2-6-10-17/h1-10,13,18H,11-12,14-15H2,(H,23,24). The van der Waals surface area contributed by atoms with E-state index in [0.717, 1.165) is 16.0 Å². The van der Waals surface area contributed by atoms with E-state index < -0.39 is 9.84 Å². The molecular formula is C22H21NO4S2. The van der Waals surface area contributed by atoms with E-state index >= 15 is 0 Å². The normalized spacial score (nSPS) is 17.7. The molecule has 1 amide bonds. The largest absolute Gasteiger partial charge is 0.487 e. The summed E-state index contributed by atoms with van der Waals surface area (Å²) < 4.78 is 29.4. The van der Waals surface area contributed by atoms with Gasteiger partial charge >= 0.3 is 0 Å². The molecule has 5 nitrogen and oxygen atoms in total. The third kappa shape index (κ3) is 4.86. The number of sulfone groups is 1. The highest BCUT2D eigenvalue weighted by Crippen LogP contribution is 2.37. The Morgan fingerprint density at radius 3 is 2.41 bits per heavy atom. The molecule has 0 aliphatic carbocycles. The topological polar surface area (TPSA) is 72.5 Å². The average molecular weight is 428 g/mol. The Balaban J connectivity index is 1.58. The molecule has 2 aromatic carbocycles. The van der Waals surface area contributed by atoms with Crippen LogP contribution in [0.2, 0.25) is 0 Å². The van der Waals surface area contributed by atoms with E-state index in [1.54, 1.807) is 0 Å². The van der Waals surface area contributed by atoms with Gasteiger partial charge in [-0.15, -0.1) is 11.3 Å². The summed E-state index contributed by atoms with van der Waals surface area (Å²) in [6.07, 6.45) is 0.450. The van der Waals surface area contributed by atoms with Gasteiger partial charge in [-0.1, -0.05) is 60.7 Å². The summed E-state index contributed by atoms with van der Waals surface area (Å²) >= 11 is 1.35. The molecule has 0 bridgehead atoms. The Morgan fingerprint density at radius 2 is 1.76 bits per heavy atom. The molecule has 1 unspecified atom stereocenters. The van der Waals surface area contributed by atoms with Crippen LogP contribution in [0.15, 0.2) is 66.7 Å². The number of hydrogen-bond donors (Lipinski definition) is 1. The van der Waals surface area contributed by atoms with Crippen LogP contribution in [0.5, 0.6) is 5.75 Å². The number of carbonyl (C=O) groups excluding carboxylic acids is 1. The number of nitrogens with one attached hydrogen (secondary N) is 1. The lowest BCUT2D eigenvalue weighted by molar-refractivity contribution is 0.0941. The first-order chi connectivity index (χ1) is 14.0. The van der Waals surface area contributed by atoms with Gasteiger partial charge in [0.1, 0.15) is 17.2 Å². The van der Waals surface area contributed by atoms with Crippen LogP contribution in [-0.2, 0) is 16.4 Å². The number of thiophene rings is 1. The smallest absolute Gasteiger partial charge is 0.265 e. The second-order valence-electron chi connectivity index (χ2n) is 7.02. The molecule has 4 rings (SSSR count). The van der Waals surface area contributed by atoms with E-state index in [2.05, 4.69) is 5.32 Å². The number of ether oxygens (including phenoxy) is 1. The Kier molecular flexibility index (Phi) is 5.69. The van der Waals surface area contributed by atoms with Crippen molar-refractivity contribution in [1.29, 1.82) is 0 Å². The predicted molar refractivity (Wildman–Crippen MR) is 115 cm³/mol. The molecule has 1 N–H and O–H groups in total. The van der Waals surface area contributed by atoms with Gasteiger partial charge in [-0.05, 0) is 23.6 Å². The van der Waals surface area contributed by atoms with Gasteiger partial charge in [0.25, 0.3) is 5.91 Å². The highest BCUT2D eigenvalue weighted by molar-refractivity contribution is 7.91. The molecule has 150 valence electrons. The highest BCUT2D eigenvalue weighted by Gasteiger charge is 2.30. The number of hydrogen-bond acceptors (Lipinski definition) is 5. The summed E-state index contributed by atoms with van der Waals surface area (Å²) in [4.78, 5) is 14.3. The van der Waals surface area contributed by atoms with E-state index in [1.165, 1.54) is 11.3 Å². The first-order valence-electron chi connectivity index (χ1n) is 9.37. The minimum absolute atomic E-state index is 0.00410. The molecule has 0 spiro atoms. The van der Waals surface area contributed by atoms with Crippen molar-refractivity contribution in [3.8, 4) is 16.2 Å². The number of amides is 1. The van der Waals surface area contributed by atoms with Gasteiger partial charge in [0.15, 0.2) is 9.84 Å². The molecule has 7 heteroatoms. The van der Waals surface area contributed by atoms with Crippen LogP contribution in [0.25, 0.3) is 10.4 Å². The lowest BCUT2D eigenvalue weighted by atomic mass is 10.2.